The molecule has 0 amide bonds. The van der Waals surface area contributed by atoms with Gasteiger partial charge in [-0.25, -0.2) is 24.4 Å². The van der Waals surface area contributed by atoms with Crippen molar-refractivity contribution in [2.24, 2.45) is 18.9 Å². The van der Waals surface area contributed by atoms with Gasteiger partial charge in [-0.3, -0.25) is 18.8 Å². The summed E-state index contributed by atoms with van der Waals surface area (Å²) >= 11 is 5.97. The van der Waals surface area contributed by atoms with Gasteiger partial charge in [0.05, 0.1) is 65.2 Å². The SMILES string of the molecule is CC(C)Cc1nc2c(cnn2[C@@H]2CCN(C3COC3)C[C@H]2C)c(-c2ccc3c(c2)c(=O)n(C)c(=O)n3Cc2ncc(Cl)cn2)c1C#N. The smallest absolute Gasteiger partial charge is 0.331 e. The van der Waals surface area contributed by atoms with Crippen molar-refractivity contribution in [3.63, 3.8) is 0 Å². The Balaban J connectivity index is 1.38. The average Bonchev–Trinajstić information content (AvgIpc) is 3.44. The van der Waals surface area contributed by atoms with E-state index < -0.39 is 11.2 Å². The van der Waals surface area contributed by atoms with Gasteiger partial charge in [-0.1, -0.05) is 38.4 Å². The number of aromatic nitrogens is 7. The van der Waals surface area contributed by atoms with Gasteiger partial charge in [0.2, 0.25) is 0 Å². The van der Waals surface area contributed by atoms with Crippen molar-refractivity contribution in [3.05, 3.63) is 79.7 Å². The number of rotatable bonds is 7. The second-order valence-electron chi connectivity index (χ2n) is 13.1. The number of nitriles is 1. The molecule has 47 heavy (non-hydrogen) atoms. The van der Waals surface area contributed by atoms with Gasteiger partial charge in [-0.15, -0.1) is 0 Å². The fourth-order valence-electron chi connectivity index (χ4n) is 6.96. The Morgan fingerprint density at radius 2 is 1.89 bits per heavy atom. The van der Waals surface area contributed by atoms with E-state index in [4.69, 9.17) is 26.4 Å². The highest BCUT2D eigenvalue weighted by Gasteiger charge is 2.35. The first kappa shape index (κ1) is 31.2. The van der Waals surface area contributed by atoms with Crippen LogP contribution in [0.2, 0.25) is 5.02 Å². The predicted molar refractivity (Wildman–Crippen MR) is 178 cm³/mol. The predicted octanol–water partition coefficient (Wildman–Crippen LogP) is 3.96. The van der Waals surface area contributed by atoms with Crippen LogP contribution >= 0.6 is 11.6 Å². The van der Waals surface area contributed by atoms with E-state index in [2.05, 4.69) is 41.7 Å². The second-order valence-corrected chi connectivity index (χ2v) is 13.6. The first-order valence-corrected chi connectivity index (χ1v) is 16.3. The number of benzene rings is 1. The second kappa shape index (κ2) is 12.3. The van der Waals surface area contributed by atoms with Crippen LogP contribution in [0.5, 0.6) is 0 Å². The Bertz CT molecular complexity index is 2160. The summed E-state index contributed by atoms with van der Waals surface area (Å²) in [5, 5.41) is 16.9. The zero-order valence-corrected chi connectivity index (χ0v) is 27.6. The number of pyridine rings is 1. The van der Waals surface area contributed by atoms with Crippen LogP contribution in [0.3, 0.4) is 0 Å². The molecule has 0 N–H and O–H groups in total. The molecule has 0 bridgehead atoms. The molecule has 7 rings (SSSR count). The molecule has 242 valence electrons. The molecule has 5 aromatic rings. The maximum absolute atomic E-state index is 13.6. The zero-order valence-electron chi connectivity index (χ0n) is 26.9. The molecule has 6 heterocycles. The third-order valence-corrected chi connectivity index (χ3v) is 9.67. The van der Waals surface area contributed by atoms with Gasteiger partial charge < -0.3 is 4.74 Å². The van der Waals surface area contributed by atoms with E-state index in [-0.39, 0.29) is 18.5 Å². The van der Waals surface area contributed by atoms with Gasteiger partial charge in [-0.2, -0.15) is 10.4 Å². The van der Waals surface area contributed by atoms with Crippen molar-refractivity contribution >= 4 is 33.5 Å². The summed E-state index contributed by atoms with van der Waals surface area (Å²) in [5.41, 5.74) is 2.83. The van der Waals surface area contributed by atoms with Gasteiger partial charge in [0.1, 0.15) is 11.9 Å². The maximum atomic E-state index is 13.6. The molecule has 1 aromatic carbocycles. The fraction of sp³-hybridized carbons (Fsp3) is 0.441. The van der Waals surface area contributed by atoms with Crippen LogP contribution < -0.4 is 11.2 Å². The molecule has 2 aliphatic rings. The molecular weight excluding hydrogens is 618 g/mol. The summed E-state index contributed by atoms with van der Waals surface area (Å²) in [5.74, 6) is 0.985. The average molecular weight is 654 g/mol. The number of hydrogen-bond donors (Lipinski definition) is 0. The van der Waals surface area contributed by atoms with Gasteiger partial charge in [0.15, 0.2) is 5.65 Å². The maximum Gasteiger partial charge on any atom is 0.331 e. The lowest BCUT2D eigenvalue weighted by atomic mass is 9.91. The number of hydrogen-bond acceptors (Lipinski definition) is 9. The summed E-state index contributed by atoms with van der Waals surface area (Å²) in [6.07, 6.45) is 6.29. The van der Waals surface area contributed by atoms with Crippen LogP contribution in [0, 0.1) is 23.2 Å². The van der Waals surface area contributed by atoms with Crippen LogP contribution in [0.4, 0.5) is 0 Å². The molecule has 0 radical (unpaired) electrons. The van der Waals surface area contributed by atoms with Crippen LogP contribution in [0.15, 0.2) is 46.4 Å². The first-order chi connectivity index (χ1) is 22.6. The van der Waals surface area contributed by atoms with E-state index in [1.807, 2.05) is 10.7 Å². The zero-order chi connectivity index (χ0) is 33.0. The molecule has 0 saturated carbocycles. The van der Waals surface area contributed by atoms with Gasteiger partial charge in [-0.05, 0) is 42.4 Å². The molecule has 2 saturated heterocycles. The first-order valence-electron chi connectivity index (χ1n) is 16.0. The molecule has 2 atom stereocenters. The minimum Gasteiger partial charge on any atom is -0.378 e. The Morgan fingerprint density at radius 3 is 2.55 bits per heavy atom. The molecule has 2 aliphatic heterocycles. The van der Waals surface area contributed by atoms with Gasteiger partial charge >= 0.3 is 5.69 Å². The Morgan fingerprint density at radius 1 is 1.13 bits per heavy atom. The standard InChI is InChI=1S/C34H36ClN9O3/c1-19(2)9-27-25(11-36)31(26-14-39-44(32(26)40-27)28-7-8-42(15-20(28)3)23-17-47-18-23)21-5-6-29-24(10-21)33(45)41(4)34(46)43(29)16-30-37-12-22(35)13-38-30/h5-6,10,12-14,19-20,23,28H,7-9,15-18H2,1-4H3/t20-,28-/m1/s1. The number of ether oxygens (including phenoxy) is 1. The molecule has 4 aromatic heterocycles. The van der Waals surface area contributed by atoms with Crippen molar-refractivity contribution < 1.29 is 4.74 Å². The highest BCUT2D eigenvalue weighted by molar-refractivity contribution is 6.30. The highest BCUT2D eigenvalue weighted by atomic mass is 35.5. The lowest BCUT2D eigenvalue weighted by Gasteiger charge is -2.44. The quantitative estimate of drug-likeness (QED) is 0.256. The molecule has 13 heteroatoms. The normalized spacial score (nSPS) is 19.0. The van der Waals surface area contributed by atoms with Crippen LogP contribution in [-0.2, 0) is 24.8 Å². The van der Waals surface area contributed by atoms with Crippen LogP contribution in [-0.4, -0.2) is 71.1 Å². The topological polar surface area (TPSA) is 137 Å². The monoisotopic (exact) mass is 653 g/mol. The van der Waals surface area contributed by atoms with Gasteiger partial charge in [0, 0.05) is 43.5 Å². The van der Waals surface area contributed by atoms with E-state index >= 15 is 0 Å². The molecule has 0 unspecified atom stereocenters. The van der Waals surface area contributed by atoms with Crippen molar-refractivity contribution in [1.82, 2.24) is 38.8 Å². The molecule has 0 aliphatic carbocycles. The third-order valence-electron chi connectivity index (χ3n) is 9.48. The molecule has 12 nitrogen and oxygen atoms in total. The fourth-order valence-corrected chi connectivity index (χ4v) is 7.06. The van der Waals surface area contributed by atoms with Crippen molar-refractivity contribution in [1.29, 1.82) is 5.26 Å². The van der Waals surface area contributed by atoms with Crippen LogP contribution in [0.25, 0.3) is 33.1 Å². The Kier molecular flexibility index (Phi) is 8.16. The third kappa shape index (κ3) is 5.52. The van der Waals surface area contributed by atoms with Crippen molar-refractivity contribution in [2.75, 3.05) is 26.3 Å². The minimum absolute atomic E-state index is 0.0546. The van der Waals surface area contributed by atoms with E-state index in [1.54, 1.807) is 18.3 Å². The van der Waals surface area contributed by atoms with E-state index in [0.29, 0.717) is 62.5 Å². The number of likely N-dealkylation sites (tertiary alicyclic amines) is 1. The summed E-state index contributed by atoms with van der Waals surface area (Å²) in [4.78, 5) is 42.9. The minimum atomic E-state index is -0.483. The van der Waals surface area contributed by atoms with Crippen molar-refractivity contribution in [2.45, 2.75) is 52.2 Å². The Labute approximate surface area is 276 Å². The van der Waals surface area contributed by atoms with Gasteiger partial charge in [0.25, 0.3) is 5.56 Å². The van der Waals surface area contributed by atoms with E-state index in [9.17, 15) is 14.9 Å². The lowest BCUT2D eigenvalue weighted by Crippen LogP contribution is -2.54. The Hall–Kier alpha value is -4.44. The molecule has 0 spiro atoms. The van der Waals surface area contributed by atoms with Crippen LogP contribution in [0.1, 0.15) is 50.3 Å². The number of halogens is 1. The van der Waals surface area contributed by atoms with Crippen molar-refractivity contribution in [3.8, 4) is 17.2 Å². The summed E-state index contributed by atoms with van der Waals surface area (Å²) < 4.78 is 10.1. The number of piperidine rings is 1. The summed E-state index contributed by atoms with van der Waals surface area (Å²) in [6.45, 7) is 10.0. The lowest BCUT2D eigenvalue weighted by molar-refractivity contribution is -0.0805. The molecular formula is C34H36ClN9O3. The van der Waals surface area contributed by atoms with E-state index in [1.165, 1.54) is 24.0 Å². The molecule has 2 fully saturated rings. The summed E-state index contributed by atoms with van der Waals surface area (Å²) in [7, 11) is 1.45. The highest BCUT2D eigenvalue weighted by Crippen LogP contribution is 2.38. The number of nitrogens with zero attached hydrogens (tertiary/aromatic N) is 9. The summed E-state index contributed by atoms with van der Waals surface area (Å²) in [6, 6.07) is 8.46. The van der Waals surface area contributed by atoms with E-state index in [0.717, 1.165) is 48.3 Å². The largest absolute Gasteiger partial charge is 0.378 e. The number of fused-ring (bicyclic) bond motifs is 2.